The van der Waals surface area contributed by atoms with Gasteiger partial charge in [-0.3, -0.25) is 0 Å². The molecule has 0 amide bonds. The van der Waals surface area contributed by atoms with E-state index in [1.807, 2.05) is 0 Å². The van der Waals surface area contributed by atoms with Crippen molar-refractivity contribution >= 4 is 38.3 Å². The predicted molar refractivity (Wildman–Crippen MR) is 103 cm³/mol. The molecule has 2 heteroatoms. The van der Waals surface area contributed by atoms with Crippen molar-refractivity contribution in [2.24, 2.45) is 0 Å². The van der Waals surface area contributed by atoms with E-state index >= 15 is 0 Å². The van der Waals surface area contributed by atoms with Crippen LogP contribution in [0.2, 0.25) is 0 Å². The number of hydrogen-bond acceptors (Lipinski definition) is 1. The summed E-state index contributed by atoms with van der Waals surface area (Å²) < 4.78 is 0. The first kappa shape index (κ1) is 13.2. The van der Waals surface area contributed by atoms with Crippen LogP contribution in [0.5, 0.6) is 0 Å². The molecule has 0 fully saturated rings. The maximum absolute atomic E-state index is 6.24. The van der Waals surface area contributed by atoms with Gasteiger partial charge in [0.25, 0.3) is 0 Å². The number of hydrogen-bond donors (Lipinski definition) is 2. The van der Waals surface area contributed by atoms with Gasteiger partial charge in [-0.2, -0.15) is 0 Å². The monoisotopic (exact) mass is 308 g/mol. The molecule has 114 valence electrons. The normalized spacial score (nSPS) is 11.5. The first-order chi connectivity index (χ1) is 11.8. The van der Waals surface area contributed by atoms with Gasteiger partial charge < -0.3 is 10.7 Å². The van der Waals surface area contributed by atoms with Crippen LogP contribution in [0.25, 0.3) is 43.7 Å². The molecule has 1 aromatic heterocycles. The summed E-state index contributed by atoms with van der Waals surface area (Å²) in [6.45, 7) is 0. The molecule has 4 aromatic carbocycles. The van der Waals surface area contributed by atoms with Crippen molar-refractivity contribution in [1.82, 2.24) is 4.98 Å². The van der Waals surface area contributed by atoms with E-state index in [0.717, 1.165) is 22.3 Å². The van der Waals surface area contributed by atoms with Gasteiger partial charge in [-0.1, -0.05) is 60.7 Å². The number of fused-ring (bicyclic) bond motifs is 4. The van der Waals surface area contributed by atoms with Crippen LogP contribution in [-0.2, 0) is 0 Å². The number of rotatable bonds is 1. The minimum Gasteiger partial charge on any atom is -0.399 e. The highest BCUT2D eigenvalue weighted by Crippen LogP contribution is 2.37. The number of nitrogen functional groups attached to an aromatic ring is 1. The lowest BCUT2D eigenvalue weighted by Gasteiger charge is -2.09. The zero-order chi connectivity index (χ0) is 16.1. The molecule has 24 heavy (non-hydrogen) atoms. The van der Waals surface area contributed by atoms with E-state index in [4.69, 9.17) is 5.73 Å². The average molecular weight is 308 g/mol. The lowest BCUT2D eigenvalue weighted by atomic mass is 9.96. The molecular weight excluding hydrogens is 292 g/mol. The molecule has 0 atom stereocenters. The zero-order valence-electron chi connectivity index (χ0n) is 13.1. The fourth-order valence-corrected chi connectivity index (χ4v) is 3.65. The zero-order valence-corrected chi connectivity index (χ0v) is 13.1. The fraction of sp³-hybridized carbons (Fsp3) is 0. The number of aromatic nitrogens is 1. The molecule has 5 rings (SSSR count). The molecule has 0 aliphatic rings. The summed E-state index contributed by atoms with van der Waals surface area (Å²) in [4.78, 5) is 3.58. The third-order valence-electron chi connectivity index (χ3n) is 4.72. The summed E-state index contributed by atoms with van der Waals surface area (Å²) in [6.07, 6.45) is 0. The van der Waals surface area contributed by atoms with Crippen LogP contribution < -0.4 is 5.73 Å². The Hall–Kier alpha value is -3.26. The summed E-state index contributed by atoms with van der Waals surface area (Å²) >= 11 is 0. The van der Waals surface area contributed by atoms with Crippen LogP contribution in [0.3, 0.4) is 0 Å². The van der Waals surface area contributed by atoms with Crippen molar-refractivity contribution in [2.45, 2.75) is 0 Å². The molecular formula is C22H16N2. The van der Waals surface area contributed by atoms with E-state index in [9.17, 15) is 0 Å². The van der Waals surface area contributed by atoms with E-state index in [1.165, 1.54) is 27.1 Å². The Morgan fingerprint density at radius 1 is 0.625 bits per heavy atom. The molecule has 0 radical (unpaired) electrons. The molecule has 0 spiro atoms. The van der Waals surface area contributed by atoms with Crippen LogP contribution in [0, 0.1) is 0 Å². The highest BCUT2D eigenvalue weighted by Gasteiger charge is 2.12. The molecule has 0 saturated heterocycles. The Morgan fingerprint density at radius 2 is 1.38 bits per heavy atom. The summed E-state index contributed by atoms with van der Waals surface area (Å²) in [5.41, 5.74) is 11.7. The van der Waals surface area contributed by atoms with E-state index in [0.29, 0.717) is 0 Å². The van der Waals surface area contributed by atoms with E-state index in [-0.39, 0.29) is 0 Å². The molecule has 0 aliphatic carbocycles. The first-order valence-electron chi connectivity index (χ1n) is 8.09. The Labute approximate surface area is 139 Å². The third-order valence-corrected chi connectivity index (χ3v) is 4.72. The molecule has 1 heterocycles. The Kier molecular flexibility index (Phi) is 2.68. The van der Waals surface area contributed by atoms with Crippen molar-refractivity contribution in [3.63, 3.8) is 0 Å². The van der Waals surface area contributed by atoms with Crippen LogP contribution >= 0.6 is 0 Å². The van der Waals surface area contributed by atoms with Gasteiger partial charge in [-0.15, -0.1) is 0 Å². The number of para-hydroxylation sites is 1. The standard InChI is InChI=1S/C22H16N2/c23-15-12-19(17-10-5-7-14-6-1-2-8-16(14)17)22-20(13-15)18-9-3-4-11-21(18)24-22/h1-13,24H,23H2. The van der Waals surface area contributed by atoms with Crippen molar-refractivity contribution in [3.8, 4) is 11.1 Å². The first-order valence-corrected chi connectivity index (χ1v) is 8.09. The molecule has 3 N–H and O–H groups in total. The number of benzene rings is 4. The summed E-state index contributed by atoms with van der Waals surface area (Å²) in [7, 11) is 0. The maximum Gasteiger partial charge on any atom is 0.0546 e. The van der Waals surface area contributed by atoms with Gasteiger partial charge >= 0.3 is 0 Å². The van der Waals surface area contributed by atoms with Gasteiger partial charge in [0.15, 0.2) is 0 Å². The van der Waals surface area contributed by atoms with Crippen molar-refractivity contribution in [3.05, 3.63) is 78.9 Å². The number of aromatic amines is 1. The topological polar surface area (TPSA) is 41.8 Å². The number of nitrogens with two attached hydrogens (primary N) is 1. The van der Waals surface area contributed by atoms with Gasteiger partial charge in [0.1, 0.15) is 0 Å². The smallest absolute Gasteiger partial charge is 0.0546 e. The molecule has 0 saturated carbocycles. The Morgan fingerprint density at radius 3 is 2.29 bits per heavy atom. The summed E-state index contributed by atoms with van der Waals surface area (Å²) in [5.74, 6) is 0. The van der Waals surface area contributed by atoms with Crippen LogP contribution in [0.1, 0.15) is 0 Å². The molecule has 5 aromatic rings. The van der Waals surface area contributed by atoms with Gasteiger partial charge in [-0.05, 0) is 34.5 Å². The molecule has 0 bridgehead atoms. The quantitative estimate of drug-likeness (QED) is 0.382. The highest BCUT2D eigenvalue weighted by molar-refractivity contribution is 6.15. The van der Waals surface area contributed by atoms with Crippen molar-refractivity contribution in [1.29, 1.82) is 0 Å². The summed E-state index contributed by atoms with van der Waals surface area (Å²) in [6, 6.07) is 27.4. The van der Waals surface area contributed by atoms with Crippen LogP contribution in [-0.4, -0.2) is 4.98 Å². The Balaban J connectivity index is 1.95. The predicted octanol–water partition coefficient (Wildman–Crippen LogP) is 5.72. The number of nitrogens with one attached hydrogen (secondary N) is 1. The highest BCUT2D eigenvalue weighted by atomic mass is 14.7. The maximum atomic E-state index is 6.24. The second kappa shape index (κ2) is 4.87. The number of anilines is 1. The largest absolute Gasteiger partial charge is 0.399 e. The Bertz CT molecular complexity index is 1210. The lowest BCUT2D eigenvalue weighted by molar-refractivity contribution is 1.54. The van der Waals surface area contributed by atoms with E-state index in [2.05, 4.69) is 83.8 Å². The van der Waals surface area contributed by atoms with Gasteiger partial charge in [0, 0.05) is 27.5 Å². The minimum atomic E-state index is 0.787. The molecule has 0 aliphatic heterocycles. The molecule has 0 unspecified atom stereocenters. The third kappa shape index (κ3) is 1.83. The molecule has 2 nitrogen and oxygen atoms in total. The van der Waals surface area contributed by atoms with E-state index < -0.39 is 0 Å². The van der Waals surface area contributed by atoms with Crippen molar-refractivity contribution < 1.29 is 0 Å². The average Bonchev–Trinajstić information content (AvgIpc) is 2.99. The lowest BCUT2D eigenvalue weighted by Crippen LogP contribution is -1.88. The summed E-state index contributed by atoms with van der Waals surface area (Å²) in [5, 5.41) is 4.86. The van der Waals surface area contributed by atoms with Gasteiger partial charge in [0.05, 0.1) is 5.52 Å². The van der Waals surface area contributed by atoms with Gasteiger partial charge in [0.2, 0.25) is 0 Å². The van der Waals surface area contributed by atoms with Crippen LogP contribution in [0.15, 0.2) is 78.9 Å². The fourth-order valence-electron chi connectivity index (χ4n) is 3.65. The SMILES string of the molecule is Nc1cc(-c2cccc3ccccc23)c2[nH]c3ccccc3c2c1. The second-order valence-corrected chi connectivity index (χ2v) is 6.19. The van der Waals surface area contributed by atoms with E-state index in [1.54, 1.807) is 0 Å². The second-order valence-electron chi connectivity index (χ2n) is 6.19. The van der Waals surface area contributed by atoms with Gasteiger partial charge in [-0.25, -0.2) is 0 Å². The van der Waals surface area contributed by atoms with Crippen molar-refractivity contribution in [2.75, 3.05) is 5.73 Å². The minimum absolute atomic E-state index is 0.787. The van der Waals surface area contributed by atoms with Crippen LogP contribution in [0.4, 0.5) is 5.69 Å². The number of H-pyrrole nitrogens is 1.